The first-order valence-corrected chi connectivity index (χ1v) is 12.8. The molecular formula is C36H27FO4. The SMILES string of the molecule is C=CC(=O)Oc1ccccc1/C=C/c1ccc(/C=C/c2ccc(/C=C/c3ccccc3OC(=O)C=C)cc2F)cc1. The topological polar surface area (TPSA) is 52.6 Å². The number of benzene rings is 4. The van der Waals surface area contributed by atoms with Crippen LogP contribution in [0.2, 0.25) is 0 Å². The van der Waals surface area contributed by atoms with Crippen LogP contribution in [0.1, 0.15) is 33.4 Å². The fourth-order valence-corrected chi connectivity index (χ4v) is 3.78. The third kappa shape index (κ3) is 8.22. The van der Waals surface area contributed by atoms with Crippen LogP contribution in [-0.2, 0) is 9.59 Å². The van der Waals surface area contributed by atoms with E-state index in [1.54, 1.807) is 54.6 Å². The highest BCUT2D eigenvalue weighted by atomic mass is 19.1. The van der Waals surface area contributed by atoms with Gasteiger partial charge in [-0.05, 0) is 34.9 Å². The summed E-state index contributed by atoms with van der Waals surface area (Å²) in [5.74, 6) is -0.567. The highest BCUT2D eigenvalue weighted by Gasteiger charge is 2.05. The second-order valence-electron chi connectivity index (χ2n) is 8.77. The van der Waals surface area contributed by atoms with Gasteiger partial charge in [0.25, 0.3) is 0 Å². The van der Waals surface area contributed by atoms with Gasteiger partial charge in [-0.2, -0.15) is 0 Å². The smallest absolute Gasteiger partial charge is 0.335 e. The zero-order valence-corrected chi connectivity index (χ0v) is 22.2. The van der Waals surface area contributed by atoms with Crippen molar-refractivity contribution in [1.29, 1.82) is 0 Å². The molecule has 41 heavy (non-hydrogen) atoms. The van der Waals surface area contributed by atoms with E-state index in [1.807, 2.05) is 66.8 Å². The summed E-state index contributed by atoms with van der Waals surface area (Å²) in [5.41, 5.74) is 4.44. The lowest BCUT2D eigenvalue weighted by Gasteiger charge is -2.05. The third-order valence-corrected chi connectivity index (χ3v) is 5.92. The number of rotatable bonds is 10. The Morgan fingerprint density at radius 1 is 0.537 bits per heavy atom. The Balaban J connectivity index is 1.41. The highest BCUT2D eigenvalue weighted by Crippen LogP contribution is 2.23. The summed E-state index contributed by atoms with van der Waals surface area (Å²) in [4.78, 5) is 23.1. The molecule has 5 heteroatoms. The summed E-state index contributed by atoms with van der Waals surface area (Å²) in [7, 11) is 0. The van der Waals surface area contributed by atoms with Crippen LogP contribution < -0.4 is 9.47 Å². The van der Waals surface area contributed by atoms with Gasteiger partial charge < -0.3 is 9.47 Å². The molecule has 0 aliphatic heterocycles. The van der Waals surface area contributed by atoms with E-state index in [-0.39, 0.29) is 5.82 Å². The molecule has 0 saturated heterocycles. The Hall–Kier alpha value is -5.55. The Kier molecular flexibility index (Phi) is 9.73. The minimum absolute atomic E-state index is 0.356. The van der Waals surface area contributed by atoms with Crippen LogP contribution in [0.25, 0.3) is 36.5 Å². The Morgan fingerprint density at radius 3 is 1.41 bits per heavy atom. The average Bonchev–Trinajstić information content (AvgIpc) is 3.00. The summed E-state index contributed by atoms with van der Waals surface area (Å²) in [6.45, 7) is 6.83. The van der Waals surface area contributed by atoms with E-state index < -0.39 is 11.9 Å². The second-order valence-corrected chi connectivity index (χ2v) is 8.77. The van der Waals surface area contributed by atoms with E-state index in [1.165, 1.54) is 6.07 Å². The molecule has 4 aromatic carbocycles. The summed E-state index contributed by atoms with van der Waals surface area (Å²) in [6.07, 6.45) is 13.1. The molecule has 0 spiro atoms. The lowest BCUT2D eigenvalue weighted by molar-refractivity contribution is -0.129. The van der Waals surface area contributed by atoms with E-state index >= 15 is 0 Å². The highest BCUT2D eigenvalue weighted by molar-refractivity contribution is 5.85. The summed E-state index contributed by atoms with van der Waals surface area (Å²) in [6, 6.07) is 27.1. The Bertz CT molecular complexity index is 1660. The number of carbonyl (C=O) groups is 2. The molecule has 4 rings (SSSR count). The van der Waals surface area contributed by atoms with Gasteiger partial charge in [0.1, 0.15) is 17.3 Å². The standard InChI is InChI=1S/C36H27FO4/c1-3-35(38)40-33-11-7-5-9-30(33)23-18-27-15-13-26(14-16-27)17-21-29-22-19-28(25-32(29)37)20-24-31-10-6-8-12-34(31)41-36(39)4-2/h3-25H,1-2H2/b21-17+,23-18+,24-20+. The van der Waals surface area contributed by atoms with E-state index in [2.05, 4.69) is 13.2 Å². The van der Waals surface area contributed by atoms with Crippen molar-refractivity contribution in [3.8, 4) is 11.5 Å². The number of hydrogen-bond acceptors (Lipinski definition) is 4. The maximum atomic E-state index is 14.8. The average molecular weight is 543 g/mol. The van der Waals surface area contributed by atoms with Gasteiger partial charge in [0.2, 0.25) is 0 Å². The number of carbonyl (C=O) groups excluding carboxylic acids is 2. The lowest BCUT2D eigenvalue weighted by Crippen LogP contribution is -2.03. The first-order chi connectivity index (χ1) is 19.9. The van der Waals surface area contributed by atoms with Crippen LogP contribution in [0, 0.1) is 5.82 Å². The molecule has 4 aromatic rings. The van der Waals surface area contributed by atoms with Gasteiger partial charge in [0.05, 0.1) is 0 Å². The molecule has 0 radical (unpaired) electrons. The third-order valence-electron chi connectivity index (χ3n) is 5.92. The van der Waals surface area contributed by atoms with Crippen molar-refractivity contribution in [2.75, 3.05) is 0 Å². The quantitative estimate of drug-likeness (QED) is 0.0872. The van der Waals surface area contributed by atoms with E-state index in [9.17, 15) is 14.0 Å². The van der Waals surface area contributed by atoms with Crippen LogP contribution in [0.5, 0.6) is 11.5 Å². The number of halogens is 1. The van der Waals surface area contributed by atoms with Gasteiger partial charge in [0, 0.05) is 28.8 Å². The molecule has 0 aliphatic rings. The monoisotopic (exact) mass is 542 g/mol. The maximum Gasteiger partial charge on any atom is 0.335 e. The first-order valence-electron chi connectivity index (χ1n) is 12.8. The zero-order valence-electron chi connectivity index (χ0n) is 22.2. The Morgan fingerprint density at radius 2 is 0.951 bits per heavy atom. The van der Waals surface area contributed by atoms with Crippen molar-refractivity contribution < 1.29 is 23.5 Å². The molecule has 0 aromatic heterocycles. The van der Waals surface area contributed by atoms with Crippen LogP contribution in [-0.4, -0.2) is 11.9 Å². The van der Waals surface area contributed by atoms with Crippen molar-refractivity contribution in [1.82, 2.24) is 0 Å². The number of hydrogen-bond donors (Lipinski definition) is 0. The molecule has 0 amide bonds. The Labute approximate surface area is 238 Å². The molecule has 4 nitrogen and oxygen atoms in total. The molecule has 0 unspecified atom stereocenters. The van der Waals surface area contributed by atoms with Crippen LogP contribution in [0.3, 0.4) is 0 Å². The van der Waals surface area contributed by atoms with E-state index in [4.69, 9.17) is 9.47 Å². The summed E-state index contributed by atoms with van der Waals surface area (Å²) < 4.78 is 25.3. The van der Waals surface area contributed by atoms with Gasteiger partial charge in [0.15, 0.2) is 0 Å². The van der Waals surface area contributed by atoms with Gasteiger partial charge in [-0.15, -0.1) is 0 Å². The number of para-hydroxylation sites is 2. The lowest BCUT2D eigenvalue weighted by atomic mass is 10.1. The molecule has 0 N–H and O–H groups in total. The molecule has 0 aliphatic carbocycles. The van der Waals surface area contributed by atoms with E-state index in [0.29, 0.717) is 28.2 Å². The molecule has 0 fully saturated rings. The van der Waals surface area contributed by atoms with Crippen LogP contribution >= 0.6 is 0 Å². The van der Waals surface area contributed by atoms with Crippen molar-refractivity contribution >= 4 is 48.4 Å². The van der Waals surface area contributed by atoms with E-state index in [0.717, 1.165) is 28.8 Å². The van der Waals surface area contributed by atoms with Gasteiger partial charge in [-0.1, -0.05) is 122 Å². The maximum absolute atomic E-state index is 14.8. The molecule has 202 valence electrons. The van der Waals surface area contributed by atoms with Crippen molar-refractivity contribution in [3.63, 3.8) is 0 Å². The van der Waals surface area contributed by atoms with Crippen LogP contribution in [0.15, 0.2) is 116 Å². The molecule has 0 atom stereocenters. The van der Waals surface area contributed by atoms with Crippen molar-refractivity contribution in [2.24, 2.45) is 0 Å². The minimum Gasteiger partial charge on any atom is -0.423 e. The zero-order chi connectivity index (χ0) is 29.0. The fourth-order valence-electron chi connectivity index (χ4n) is 3.78. The minimum atomic E-state index is -0.548. The number of ether oxygens (including phenoxy) is 2. The number of esters is 2. The molecule has 0 heterocycles. The fraction of sp³-hybridized carbons (Fsp3) is 0. The molecular weight excluding hydrogens is 515 g/mol. The van der Waals surface area contributed by atoms with Crippen molar-refractivity contribution in [3.05, 3.63) is 156 Å². The van der Waals surface area contributed by atoms with Gasteiger partial charge >= 0.3 is 11.9 Å². The van der Waals surface area contributed by atoms with Crippen LogP contribution in [0.4, 0.5) is 4.39 Å². The van der Waals surface area contributed by atoms with Gasteiger partial charge in [-0.25, -0.2) is 14.0 Å². The van der Waals surface area contributed by atoms with Crippen molar-refractivity contribution in [2.45, 2.75) is 0 Å². The predicted octanol–water partition coefficient (Wildman–Crippen LogP) is 8.52. The largest absolute Gasteiger partial charge is 0.423 e. The molecule has 0 bridgehead atoms. The summed E-state index contributed by atoms with van der Waals surface area (Å²) in [5, 5.41) is 0. The first kappa shape index (κ1) is 28.5. The van der Waals surface area contributed by atoms with Gasteiger partial charge in [-0.3, -0.25) is 0 Å². The second kappa shape index (κ2) is 14.0. The predicted molar refractivity (Wildman–Crippen MR) is 164 cm³/mol. The molecule has 0 saturated carbocycles. The summed E-state index contributed by atoms with van der Waals surface area (Å²) >= 11 is 0. The normalized spacial score (nSPS) is 11.1.